The third-order valence-corrected chi connectivity index (χ3v) is 4.40. The van der Waals surface area contributed by atoms with Gasteiger partial charge in [-0.25, -0.2) is 4.79 Å². The van der Waals surface area contributed by atoms with Crippen LogP contribution in [0.15, 0.2) is 30.5 Å². The number of ketones is 1. The highest BCUT2D eigenvalue weighted by molar-refractivity contribution is 5.84. The molecule has 0 saturated heterocycles. The van der Waals surface area contributed by atoms with Crippen LogP contribution in [0, 0.1) is 5.92 Å². The van der Waals surface area contributed by atoms with Crippen LogP contribution in [0.5, 0.6) is 0 Å². The predicted molar refractivity (Wildman–Crippen MR) is 79.4 cm³/mol. The summed E-state index contributed by atoms with van der Waals surface area (Å²) in [5, 5.41) is 0. The van der Waals surface area contributed by atoms with E-state index in [1.807, 2.05) is 30.3 Å². The fourth-order valence-corrected chi connectivity index (χ4v) is 3.37. The van der Waals surface area contributed by atoms with Gasteiger partial charge < -0.3 is 4.74 Å². The van der Waals surface area contributed by atoms with E-state index in [1.54, 1.807) is 11.1 Å². The Bertz CT molecular complexity index is 593. The molecular formula is C17H19NO3. The molecule has 0 bridgehead atoms. The number of rotatable bonds is 1. The molecule has 2 atom stereocenters. The van der Waals surface area contributed by atoms with Crippen molar-refractivity contribution in [1.29, 1.82) is 0 Å². The lowest BCUT2D eigenvalue weighted by molar-refractivity contribution is -0.126. The molecule has 1 fully saturated rings. The number of Topliss-reactive ketones (excluding diaryl/α,β-unsaturated/α-hetero) is 1. The van der Waals surface area contributed by atoms with E-state index in [2.05, 4.69) is 0 Å². The standard InChI is InChI=1S/C17H19NO3/c1-21-17(20)18-11-10-12-6-2-3-7-13(12)16(18)14-8-4-5-9-15(14)19/h2-3,6-7,10-11,14,16H,4-5,8-9H2,1H3. The molecule has 1 aliphatic heterocycles. The van der Waals surface area contributed by atoms with Crippen LogP contribution in [0.2, 0.25) is 0 Å². The number of hydrogen-bond acceptors (Lipinski definition) is 3. The minimum Gasteiger partial charge on any atom is -0.452 e. The van der Waals surface area contributed by atoms with Gasteiger partial charge in [0.05, 0.1) is 13.2 Å². The van der Waals surface area contributed by atoms with E-state index in [-0.39, 0.29) is 17.7 Å². The topological polar surface area (TPSA) is 46.6 Å². The molecule has 4 heteroatoms. The van der Waals surface area contributed by atoms with Gasteiger partial charge in [-0.05, 0) is 30.0 Å². The maximum Gasteiger partial charge on any atom is 0.414 e. The van der Waals surface area contributed by atoms with Crippen molar-refractivity contribution >= 4 is 18.0 Å². The average molecular weight is 285 g/mol. The lowest BCUT2D eigenvalue weighted by Crippen LogP contribution is -2.40. The number of ether oxygens (including phenoxy) is 1. The molecule has 110 valence electrons. The second kappa shape index (κ2) is 5.72. The Labute approximate surface area is 124 Å². The van der Waals surface area contributed by atoms with Crippen LogP contribution < -0.4 is 0 Å². The zero-order valence-corrected chi connectivity index (χ0v) is 12.1. The van der Waals surface area contributed by atoms with E-state index in [0.717, 1.165) is 30.4 Å². The van der Waals surface area contributed by atoms with Crippen LogP contribution in [0.1, 0.15) is 42.9 Å². The minimum absolute atomic E-state index is 0.135. The zero-order chi connectivity index (χ0) is 14.8. The number of methoxy groups -OCH3 is 1. The van der Waals surface area contributed by atoms with Crippen molar-refractivity contribution < 1.29 is 14.3 Å². The van der Waals surface area contributed by atoms with E-state index >= 15 is 0 Å². The van der Waals surface area contributed by atoms with E-state index in [9.17, 15) is 9.59 Å². The Hall–Kier alpha value is -2.10. The molecule has 0 spiro atoms. The highest BCUT2D eigenvalue weighted by Gasteiger charge is 2.39. The first-order chi connectivity index (χ1) is 10.2. The number of benzene rings is 1. The van der Waals surface area contributed by atoms with Gasteiger partial charge in [0.1, 0.15) is 5.78 Å². The Morgan fingerprint density at radius 3 is 2.86 bits per heavy atom. The first-order valence-corrected chi connectivity index (χ1v) is 7.38. The molecule has 21 heavy (non-hydrogen) atoms. The Balaban J connectivity index is 2.04. The predicted octanol–water partition coefficient (Wildman–Crippen LogP) is 3.54. The minimum atomic E-state index is -0.413. The van der Waals surface area contributed by atoms with Crippen molar-refractivity contribution in [2.45, 2.75) is 31.7 Å². The van der Waals surface area contributed by atoms with Gasteiger partial charge in [-0.2, -0.15) is 0 Å². The summed E-state index contributed by atoms with van der Waals surface area (Å²) in [6.07, 6.45) is 6.66. The SMILES string of the molecule is COC(=O)N1C=Cc2ccccc2C1C1CCCCC1=O. The monoisotopic (exact) mass is 285 g/mol. The molecule has 3 rings (SSSR count). The lowest BCUT2D eigenvalue weighted by Gasteiger charge is -2.38. The van der Waals surface area contributed by atoms with Gasteiger partial charge >= 0.3 is 6.09 Å². The summed E-state index contributed by atoms with van der Waals surface area (Å²) in [5.74, 6) is 0.120. The molecular weight excluding hydrogens is 266 g/mol. The molecule has 2 aliphatic rings. The van der Waals surface area contributed by atoms with E-state index < -0.39 is 6.09 Å². The van der Waals surface area contributed by atoms with Crippen LogP contribution in [0.3, 0.4) is 0 Å². The fraction of sp³-hybridized carbons (Fsp3) is 0.412. The van der Waals surface area contributed by atoms with Gasteiger partial charge in [0, 0.05) is 18.5 Å². The first kappa shape index (κ1) is 13.9. The summed E-state index contributed by atoms with van der Waals surface area (Å²) >= 11 is 0. The molecule has 0 aromatic heterocycles. The number of amides is 1. The van der Waals surface area contributed by atoms with Gasteiger partial charge in [0.2, 0.25) is 0 Å². The van der Waals surface area contributed by atoms with Crippen LogP contribution in [-0.4, -0.2) is 23.9 Å². The van der Waals surface area contributed by atoms with E-state index in [0.29, 0.717) is 6.42 Å². The Kier molecular flexibility index (Phi) is 3.78. The van der Waals surface area contributed by atoms with Crippen molar-refractivity contribution in [1.82, 2.24) is 4.90 Å². The summed E-state index contributed by atoms with van der Waals surface area (Å²) in [7, 11) is 1.37. The van der Waals surface area contributed by atoms with Gasteiger partial charge in [-0.1, -0.05) is 30.7 Å². The molecule has 2 unspecified atom stereocenters. The number of hydrogen-bond donors (Lipinski definition) is 0. The Morgan fingerprint density at radius 2 is 2.10 bits per heavy atom. The summed E-state index contributed by atoms with van der Waals surface area (Å²) in [6.45, 7) is 0. The van der Waals surface area contributed by atoms with Crippen molar-refractivity contribution in [3.63, 3.8) is 0 Å². The zero-order valence-electron chi connectivity index (χ0n) is 12.1. The molecule has 1 aromatic rings. The third kappa shape index (κ3) is 2.46. The van der Waals surface area contributed by atoms with E-state index in [4.69, 9.17) is 4.74 Å². The molecule has 1 aliphatic carbocycles. The van der Waals surface area contributed by atoms with Crippen molar-refractivity contribution in [3.8, 4) is 0 Å². The van der Waals surface area contributed by atoms with Gasteiger partial charge in [-0.3, -0.25) is 9.69 Å². The van der Waals surface area contributed by atoms with Crippen molar-refractivity contribution in [3.05, 3.63) is 41.6 Å². The largest absolute Gasteiger partial charge is 0.452 e. The van der Waals surface area contributed by atoms with Crippen LogP contribution >= 0.6 is 0 Å². The number of fused-ring (bicyclic) bond motifs is 1. The maximum absolute atomic E-state index is 12.4. The summed E-state index contributed by atoms with van der Waals surface area (Å²) < 4.78 is 4.89. The molecule has 1 aromatic carbocycles. The highest BCUT2D eigenvalue weighted by atomic mass is 16.5. The van der Waals surface area contributed by atoms with Crippen LogP contribution in [-0.2, 0) is 9.53 Å². The molecule has 0 radical (unpaired) electrons. The molecule has 0 N–H and O–H groups in total. The normalized spacial score (nSPS) is 24.6. The molecule has 1 saturated carbocycles. The van der Waals surface area contributed by atoms with Crippen molar-refractivity contribution in [2.24, 2.45) is 5.92 Å². The summed E-state index contributed by atoms with van der Waals surface area (Å²) in [5.41, 5.74) is 2.10. The highest BCUT2D eigenvalue weighted by Crippen LogP contribution is 2.40. The second-order valence-corrected chi connectivity index (χ2v) is 5.59. The Morgan fingerprint density at radius 1 is 1.29 bits per heavy atom. The summed E-state index contributed by atoms with van der Waals surface area (Å²) in [6, 6.07) is 7.69. The maximum atomic E-state index is 12.4. The van der Waals surface area contributed by atoms with Crippen molar-refractivity contribution in [2.75, 3.05) is 7.11 Å². The van der Waals surface area contributed by atoms with Crippen LogP contribution in [0.4, 0.5) is 4.79 Å². The lowest BCUT2D eigenvalue weighted by atomic mass is 9.77. The van der Waals surface area contributed by atoms with Gasteiger partial charge in [-0.15, -0.1) is 0 Å². The quantitative estimate of drug-likeness (QED) is 0.793. The molecule has 1 amide bonds. The van der Waals surface area contributed by atoms with E-state index in [1.165, 1.54) is 7.11 Å². The number of carbonyl (C=O) groups is 2. The number of carbonyl (C=O) groups excluding carboxylic acids is 2. The fourth-order valence-electron chi connectivity index (χ4n) is 3.37. The average Bonchev–Trinajstić information content (AvgIpc) is 2.54. The van der Waals surface area contributed by atoms with Gasteiger partial charge in [0.25, 0.3) is 0 Å². The first-order valence-electron chi connectivity index (χ1n) is 7.38. The molecule has 4 nitrogen and oxygen atoms in total. The third-order valence-electron chi connectivity index (χ3n) is 4.40. The van der Waals surface area contributed by atoms with Gasteiger partial charge in [0.15, 0.2) is 0 Å². The second-order valence-electron chi connectivity index (χ2n) is 5.59. The molecule has 1 heterocycles. The summed E-state index contributed by atoms with van der Waals surface area (Å²) in [4.78, 5) is 26.0. The van der Waals surface area contributed by atoms with Crippen LogP contribution in [0.25, 0.3) is 6.08 Å². The number of nitrogens with zero attached hydrogens (tertiary/aromatic N) is 1. The smallest absolute Gasteiger partial charge is 0.414 e.